The van der Waals surface area contributed by atoms with Crippen LogP contribution in [-0.2, 0) is 16.3 Å². The molecule has 0 amide bonds. The summed E-state index contributed by atoms with van der Waals surface area (Å²) in [6.07, 6.45) is 2.10. The molecule has 0 aliphatic carbocycles. The van der Waals surface area contributed by atoms with Gasteiger partial charge >= 0.3 is 0 Å². The largest absolute Gasteiger partial charge is 0.344 e. The molecular weight excluding hydrogens is 344 g/mol. The predicted octanol–water partition coefficient (Wildman–Crippen LogP) is 1.30. The first-order valence-corrected chi connectivity index (χ1v) is 10.9. The van der Waals surface area contributed by atoms with Crippen LogP contribution in [0.3, 0.4) is 0 Å². The molecule has 0 atom stereocenters. The summed E-state index contributed by atoms with van der Waals surface area (Å²) < 4.78 is 22.5. The van der Waals surface area contributed by atoms with E-state index in [1.807, 2.05) is 18.2 Å². The Bertz CT molecular complexity index is 753. The van der Waals surface area contributed by atoms with E-state index < -0.39 is 9.84 Å². The molecule has 8 heteroatoms. The highest BCUT2D eigenvalue weighted by molar-refractivity contribution is 7.90. The van der Waals surface area contributed by atoms with Crippen LogP contribution >= 0.6 is 11.3 Å². The van der Waals surface area contributed by atoms with Crippen LogP contribution in [0, 0.1) is 0 Å². The summed E-state index contributed by atoms with van der Waals surface area (Å²) >= 11 is 1.64. The zero-order valence-electron chi connectivity index (χ0n) is 13.8. The predicted molar refractivity (Wildman–Crippen MR) is 97.5 cm³/mol. The third kappa shape index (κ3) is 4.99. The zero-order valence-corrected chi connectivity index (χ0v) is 15.4. The van der Waals surface area contributed by atoms with Gasteiger partial charge in [-0.3, -0.25) is 4.90 Å². The van der Waals surface area contributed by atoms with Crippen LogP contribution in [0.25, 0.3) is 0 Å². The van der Waals surface area contributed by atoms with Crippen molar-refractivity contribution in [3.05, 3.63) is 40.9 Å². The molecule has 1 aliphatic rings. The minimum Gasteiger partial charge on any atom is -0.344 e. The average Bonchev–Trinajstić information content (AvgIpc) is 3.02. The second-order valence-electron chi connectivity index (χ2n) is 6.10. The molecule has 130 valence electrons. The Balaban J connectivity index is 1.52. The summed E-state index contributed by atoms with van der Waals surface area (Å²) in [6, 6.07) is 10.3. The first-order chi connectivity index (χ1) is 11.5. The van der Waals surface area contributed by atoms with Gasteiger partial charge in [-0.1, -0.05) is 41.7 Å². The maximum atomic E-state index is 11.3. The van der Waals surface area contributed by atoms with Crippen LogP contribution in [0.2, 0.25) is 0 Å². The lowest BCUT2D eigenvalue weighted by molar-refractivity contribution is 0.272. The smallest absolute Gasteiger partial charge is 0.208 e. The van der Waals surface area contributed by atoms with Gasteiger partial charge in [0.2, 0.25) is 5.13 Å². The Labute approximate surface area is 147 Å². The summed E-state index contributed by atoms with van der Waals surface area (Å²) in [5, 5.41) is 10.6. The summed E-state index contributed by atoms with van der Waals surface area (Å²) in [6.45, 7) is 4.07. The van der Waals surface area contributed by atoms with E-state index in [1.54, 1.807) is 11.3 Å². The number of sulfone groups is 1. The molecule has 2 aromatic rings. The van der Waals surface area contributed by atoms with Gasteiger partial charge in [-0.05, 0) is 5.56 Å². The van der Waals surface area contributed by atoms with Crippen molar-refractivity contribution in [1.29, 1.82) is 0 Å². The molecule has 0 spiro atoms. The minimum atomic E-state index is -2.89. The molecule has 6 nitrogen and oxygen atoms in total. The van der Waals surface area contributed by atoms with Crippen LogP contribution in [0.4, 0.5) is 5.13 Å². The van der Waals surface area contributed by atoms with E-state index >= 15 is 0 Å². The third-order valence-corrected chi connectivity index (χ3v) is 5.98. The van der Waals surface area contributed by atoms with Crippen molar-refractivity contribution in [1.82, 2.24) is 15.1 Å². The molecule has 2 heterocycles. The number of hydrogen-bond donors (Lipinski definition) is 0. The Hall–Kier alpha value is -1.51. The number of piperazine rings is 1. The molecule has 1 aromatic heterocycles. The van der Waals surface area contributed by atoms with Crippen molar-refractivity contribution in [2.45, 2.75) is 6.42 Å². The fraction of sp³-hybridized carbons (Fsp3) is 0.500. The van der Waals surface area contributed by atoms with Gasteiger partial charge in [-0.15, -0.1) is 10.2 Å². The van der Waals surface area contributed by atoms with Crippen molar-refractivity contribution in [3.63, 3.8) is 0 Å². The highest BCUT2D eigenvalue weighted by Crippen LogP contribution is 2.23. The average molecular weight is 367 g/mol. The zero-order chi connectivity index (χ0) is 17.0. The van der Waals surface area contributed by atoms with E-state index in [-0.39, 0.29) is 5.75 Å². The van der Waals surface area contributed by atoms with Crippen molar-refractivity contribution in [3.8, 4) is 0 Å². The summed E-state index contributed by atoms with van der Waals surface area (Å²) in [5.41, 5.74) is 1.24. The number of aromatic nitrogens is 2. The summed E-state index contributed by atoms with van der Waals surface area (Å²) in [4.78, 5) is 4.44. The maximum absolute atomic E-state index is 11.3. The summed E-state index contributed by atoms with van der Waals surface area (Å²) in [7, 11) is -2.89. The fourth-order valence-electron chi connectivity index (χ4n) is 2.67. The first-order valence-electron chi connectivity index (χ1n) is 8.01. The molecule has 1 fully saturated rings. The topological polar surface area (TPSA) is 66.4 Å². The van der Waals surface area contributed by atoms with Crippen LogP contribution < -0.4 is 4.90 Å². The SMILES string of the molecule is CS(=O)(=O)CCN1CCN(c2nnc(Cc3ccccc3)s2)CC1. The molecule has 0 radical (unpaired) electrons. The van der Waals surface area contributed by atoms with Gasteiger partial charge in [0.1, 0.15) is 14.8 Å². The van der Waals surface area contributed by atoms with E-state index in [0.29, 0.717) is 6.54 Å². The molecule has 1 saturated heterocycles. The minimum absolute atomic E-state index is 0.229. The standard InChI is InChI=1S/C16H22N4O2S2/c1-24(21,22)12-11-19-7-9-20(10-8-19)16-18-17-15(23-16)13-14-5-3-2-4-6-14/h2-6H,7-13H2,1H3. The van der Waals surface area contributed by atoms with E-state index in [0.717, 1.165) is 42.7 Å². The van der Waals surface area contributed by atoms with Crippen LogP contribution in [0.5, 0.6) is 0 Å². The van der Waals surface area contributed by atoms with E-state index in [2.05, 4.69) is 32.1 Å². The quantitative estimate of drug-likeness (QED) is 0.768. The van der Waals surface area contributed by atoms with Crippen molar-refractivity contribution in [2.24, 2.45) is 0 Å². The molecule has 1 aliphatic heterocycles. The van der Waals surface area contributed by atoms with Gasteiger partial charge in [0, 0.05) is 45.4 Å². The summed E-state index contributed by atoms with van der Waals surface area (Å²) in [5.74, 6) is 0.229. The molecule has 1 aromatic carbocycles. The maximum Gasteiger partial charge on any atom is 0.208 e. The lowest BCUT2D eigenvalue weighted by atomic mass is 10.2. The Kier molecular flexibility index (Phi) is 5.47. The monoisotopic (exact) mass is 366 g/mol. The van der Waals surface area contributed by atoms with Crippen molar-refractivity contribution >= 4 is 26.3 Å². The van der Waals surface area contributed by atoms with Gasteiger partial charge in [-0.25, -0.2) is 8.42 Å². The van der Waals surface area contributed by atoms with E-state index in [1.165, 1.54) is 11.8 Å². The normalized spacial score (nSPS) is 16.5. The van der Waals surface area contributed by atoms with E-state index in [9.17, 15) is 8.42 Å². The van der Waals surface area contributed by atoms with Crippen LogP contribution in [0.15, 0.2) is 30.3 Å². The highest BCUT2D eigenvalue weighted by atomic mass is 32.2. The molecule has 3 rings (SSSR count). The Morgan fingerprint density at radius 3 is 2.46 bits per heavy atom. The van der Waals surface area contributed by atoms with Crippen molar-refractivity contribution in [2.75, 3.05) is 49.6 Å². The van der Waals surface area contributed by atoms with Gasteiger partial charge < -0.3 is 4.90 Å². The van der Waals surface area contributed by atoms with E-state index in [4.69, 9.17) is 0 Å². The molecule has 0 bridgehead atoms. The van der Waals surface area contributed by atoms with Crippen LogP contribution in [-0.4, -0.2) is 68.2 Å². The van der Waals surface area contributed by atoms with Crippen LogP contribution in [0.1, 0.15) is 10.6 Å². The third-order valence-electron chi connectivity index (χ3n) is 4.08. The molecule has 24 heavy (non-hydrogen) atoms. The second-order valence-corrected chi connectivity index (χ2v) is 9.40. The molecular formula is C16H22N4O2S2. The Morgan fingerprint density at radius 1 is 1.08 bits per heavy atom. The number of hydrogen-bond acceptors (Lipinski definition) is 7. The van der Waals surface area contributed by atoms with Crippen molar-refractivity contribution < 1.29 is 8.42 Å². The number of benzene rings is 1. The molecule has 0 N–H and O–H groups in total. The number of anilines is 1. The van der Waals surface area contributed by atoms with Gasteiger partial charge in [0.15, 0.2) is 0 Å². The molecule has 0 unspecified atom stereocenters. The highest BCUT2D eigenvalue weighted by Gasteiger charge is 2.20. The second kappa shape index (κ2) is 7.58. The fourth-order valence-corrected chi connectivity index (χ4v) is 4.19. The first kappa shape index (κ1) is 17.3. The van der Waals surface area contributed by atoms with Gasteiger partial charge in [0.05, 0.1) is 5.75 Å². The number of nitrogens with zero attached hydrogens (tertiary/aromatic N) is 4. The Morgan fingerprint density at radius 2 is 1.79 bits per heavy atom. The lowest BCUT2D eigenvalue weighted by Crippen LogP contribution is -2.47. The molecule has 0 saturated carbocycles. The van der Waals surface area contributed by atoms with Gasteiger partial charge in [-0.2, -0.15) is 0 Å². The lowest BCUT2D eigenvalue weighted by Gasteiger charge is -2.34. The number of rotatable bonds is 6. The van der Waals surface area contributed by atoms with Gasteiger partial charge in [0.25, 0.3) is 0 Å².